The van der Waals surface area contributed by atoms with Crippen LogP contribution in [0.4, 0.5) is 17.1 Å². The van der Waals surface area contributed by atoms with Crippen molar-refractivity contribution in [1.29, 1.82) is 0 Å². The molecule has 0 aliphatic carbocycles. The summed E-state index contributed by atoms with van der Waals surface area (Å²) >= 11 is 1.86. The highest BCUT2D eigenvalue weighted by atomic mass is 32.1. The molecule has 0 unspecified atom stereocenters. The van der Waals surface area contributed by atoms with Crippen molar-refractivity contribution in [3.63, 3.8) is 0 Å². The molecule has 0 radical (unpaired) electrons. The maximum absolute atomic E-state index is 6.38. The number of furan rings is 1. The molecule has 11 rings (SSSR count). The van der Waals surface area contributed by atoms with Gasteiger partial charge in [0.25, 0.3) is 0 Å². The Bertz CT molecular complexity index is 3220. The zero-order valence-corrected chi connectivity index (χ0v) is 30.6. The molecule has 55 heavy (non-hydrogen) atoms. The molecule has 0 aliphatic heterocycles. The first-order chi connectivity index (χ1) is 27.3. The van der Waals surface area contributed by atoms with Crippen LogP contribution < -0.4 is 4.90 Å². The average molecular weight is 720 g/mol. The predicted molar refractivity (Wildman–Crippen MR) is 235 cm³/mol. The first-order valence-electron chi connectivity index (χ1n) is 18.7. The summed E-state index contributed by atoms with van der Waals surface area (Å²) < 4.78 is 8.99. The van der Waals surface area contributed by atoms with E-state index in [2.05, 4.69) is 199 Å². The van der Waals surface area contributed by atoms with Gasteiger partial charge < -0.3 is 9.32 Å². The molecule has 258 valence electrons. The van der Waals surface area contributed by atoms with Crippen LogP contribution in [0.2, 0.25) is 0 Å². The molecular weight excluding hydrogens is 687 g/mol. The van der Waals surface area contributed by atoms with Crippen molar-refractivity contribution < 1.29 is 4.42 Å². The van der Waals surface area contributed by atoms with Crippen molar-refractivity contribution in [2.75, 3.05) is 4.90 Å². The summed E-state index contributed by atoms with van der Waals surface area (Å²) in [5.74, 6) is 0. The van der Waals surface area contributed by atoms with Crippen molar-refractivity contribution in [3.05, 3.63) is 200 Å². The summed E-state index contributed by atoms with van der Waals surface area (Å²) in [5, 5.41) is 7.35. The zero-order valence-electron chi connectivity index (χ0n) is 29.8. The van der Waals surface area contributed by atoms with Gasteiger partial charge in [0, 0.05) is 47.9 Å². The van der Waals surface area contributed by atoms with Gasteiger partial charge >= 0.3 is 0 Å². The number of benzene rings is 9. The second-order valence-electron chi connectivity index (χ2n) is 14.0. The first kappa shape index (κ1) is 31.6. The Morgan fingerprint density at radius 3 is 1.93 bits per heavy atom. The number of hydrogen-bond donors (Lipinski definition) is 0. The molecule has 11 aromatic rings. The molecule has 2 nitrogen and oxygen atoms in total. The summed E-state index contributed by atoms with van der Waals surface area (Å²) in [6, 6.07) is 72.2. The van der Waals surface area contributed by atoms with Gasteiger partial charge in [0.1, 0.15) is 11.2 Å². The Labute approximate surface area is 322 Å². The van der Waals surface area contributed by atoms with E-state index in [-0.39, 0.29) is 0 Å². The normalized spacial score (nSPS) is 11.6. The van der Waals surface area contributed by atoms with Crippen molar-refractivity contribution >= 4 is 81.3 Å². The minimum atomic E-state index is 0.887. The Morgan fingerprint density at radius 1 is 0.364 bits per heavy atom. The number of rotatable bonds is 6. The average Bonchev–Trinajstić information content (AvgIpc) is 3.83. The van der Waals surface area contributed by atoms with Gasteiger partial charge in [-0.2, -0.15) is 0 Å². The van der Waals surface area contributed by atoms with Gasteiger partial charge in [0.05, 0.1) is 5.69 Å². The van der Waals surface area contributed by atoms with E-state index < -0.39 is 0 Å². The van der Waals surface area contributed by atoms with E-state index in [9.17, 15) is 0 Å². The van der Waals surface area contributed by atoms with Crippen molar-refractivity contribution in [2.24, 2.45) is 0 Å². The van der Waals surface area contributed by atoms with Crippen LogP contribution in [0, 0.1) is 0 Å². The summed E-state index contributed by atoms with van der Waals surface area (Å²) in [4.78, 5) is 2.42. The van der Waals surface area contributed by atoms with E-state index in [0.717, 1.165) is 50.1 Å². The third-order valence-electron chi connectivity index (χ3n) is 10.9. The van der Waals surface area contributed by atoms with Crippen LogP contribution in [0.25, 0.3) is 86.3 Å². The second kappa shape index (κ2) is 12.9. The third-order valence-corrected chi connectivity index (χ3v) is 12.0. The smallest absolute Gasteiger partial charge is 0.136 e. The van der Waals surface area contributed by atoms with Crippen LogP contribution in [0.15, 0.2) is 205 Å². The molecular formula is C52H33NOS. The van der Waals surface area contributed by atoms with Crippen LogP contribution in [0.3, 0.4) is 0 Å². The summed E-state index contributed by atoms with van der Waals surface area (Å²) in [5.41, 5.74) is 12.2. The maximum Gasteiger partial charge on any atom is 0.136 e. The summed E-state index contributed by atoms with van der Waals surface area (Å²) in [6.45, 7) is 0. The predicted octanol–water partition coefficient (Wildman–Crippen LogP) is 15.6. The minimum Gasteiger partial charge on any atom is -0.456 e. The molecule has 0 aliphatic rings. The highest BCUT2D eigenvalue weighted by molar-refractivity contribution is 7.25. The van der Waals surface area contributed by atoms with Gasteiger partial charge in [0.15, 0.2) is 0 Å². The monoisotopic (exact) mass is 719 g/mol. The topological polar surface area (TPSA) is 16.4 Å². The van der Waals surface area contributed by atoms with E-state index >= 15 is 0 Å². The van der Waals surface area contributed by atoms with E-state index in [4.69, 9.17) is 4.42 Å². The summed E-state index contributed by atoms with van der Waals surface area (Å²) in [7, 11) is 0. The SMILES string of the molecule is c1cc(-c2cccc3sc4ccccc4c23)cc(N(c2ccc(-c3cccc4ccccc34)cc2)c2ccccc2-c2cccc3oc4ccccc4c23)c1. The molecule has 0 spiro atoms. The number of nitrogens with zero attached hydrogens (tertiary/aromatic N) is 1. The highest BCUT2D eigenvalue weighted by Gasteiger charge is 2.21. The fraction of sp³-hybridized carbons (Fsp3) is 0. The van der Waals surface area contributed by atoms with Crippen molar-refractivity contribution in [1.82, 2.24) is 0 Å². The fourth-order valence-electron chi connectivity index (χ4n) is 8.42. The fourth-order valence-corrected chi connectivity index (χ4v) is 9.55. The molecule has 0 amide bonds. The van der Waals surface area contributed by atoms with E-state index in [0.29, 0.717) is 0 Å². The minimum absolute atomic E-state index is 0.887. The van der Waals surface area contributed by atoms with Crippen LogP contribution in [0.1, 0.15) is 0 Å². The largest absolute Gasteiger partial charge is 0.456 e. The Balaban J connectivity index is 1.13. The quantitative estimate of drug-likeness (QED) is 0.170. The molecule has 0 bridgehead atoms. The number of thiophene rings is 1. The molecule has 0 atom stereocenters. The van der Waals surface area contributed by atoms with Crippen molar-refractivity contribution in [2.45, 2.75) is 0 Å². The standard InChI is InChI=1S/C52H33NOS/c1-2-17-39-34(13-1)14-10-21-40(39)35-29-31-37(32-30-35)53(38-16-9-15-36(33-38)41-22-12-28-50-52(41)45-20-5-8-27-49(45)55-50)46-24-6-3-18-42(46)43-23-11-26-48-51(43)44-19-4-7-25-47(44)54-48/h1-33H. The highest BCUT2D eigenvalue weighted by Crippen LogP contribution is 2.47. The van der Waals surface area contributed by atoms with Gasteiger partial charge in [-0.05, 0) is 93.2 Å². The Kier molecular flexibility index (Phi) is 7.39. The van der Waals surface area contributed by atoms with Gasteiger partial charge in [-0.1, -0.05) is 146 Å². The van der Waals surface area contributed by atoms with E-state index in [1.807, 2.05) is 17.4 Å². The lowest BCUT2D eigenvalue weighted by molar-refractivity contribution is 0.669. The van der Waals surface area contributed by atoms with Crippen molar-refractivity contribution in [3.8, 4) is 33.4 Å². The number of anilines is 3. The Morgan fingerprint density at radius 2 is 1.00 bits per heavy atom. The molecule has 2 heterocycles. The van der Waals surface area contributed by atoms with E-state index in [1.165, 1.54) is 53.2 Å². The lowest BCUT2D eigenvalue weighted by Gasteiger charge is -2.28. The summed E-state index contributed by atoms with van der Waals surface area (Å²) in [6.07, 6.45) is 0. The molecule has 9 aromatic carbocycles. The Hall–Kier alpha value is -6.94. The molecule has 3 heteroatoms. The lowest BCUT2D eigenvalue weighted by atomic mass is 9.95. The number of hydrogen-bond acceptors (Lipinski definition) is 3. The van der Waals surface area contributed by atoms with Crippen LogP contribution in [0.5, 0.6) is 0 Å². The first-order valence-corrected chi connectivity index (χ1v) is 19.5. The number of fused-ring (bicyclic) bond motifs is 7. The number of para-hydroxylation sites is 2. The second-order valence-corrected chi connectivity index (χ2v) is 15.1. The third kappa shape index (κ3) is 5.24. The van der Waals surface area contributed by atoms with Gasteiger partial charge in [0.2, 0.25) is 0 Å². The molecule has 0 fully saturated rings. The van der Waals surface area contributed by atoms with Gasteiger partial charge in [-0.15, -0.1) is 11.3 Å². The molecule has 0 saturated carbocycles. The van der Waals surface area contributed by atoms with Gasteiger partial charge in [-0.3, -0.25) is 0 Å². The van der Waals surface area contributed by atoms with Crippen LogP contribution in [-0.4, -0.2) is 0 Å². The molecule has 0 N–H and O–H groups in total. The van der Waals surface area contributed by atoms with Crippen LogP contribution in [-0.2, 0) is 0 Å². The zero-order chi connectivity index (χ0) is 36.3. The molecule has 0 saturated heterocycles. The maximum atomic E-state index is 6.38. The molecule has 2 aromatic heterocycles. The van der Waals surface area contributed by atoms with Gasteiger partial charge in [-0.25, -0.2) is 0 Å². The lowest BCUT2D eigenvalue weighted by Crippen LogP contribution is -2.11. The van der Waals surface area contributed by atoms with Crippen LogP contribution >= 0.6 is 11.3 Å². The van der Waals surface area contributed by atoms with E-state index in [1.54, 1.807) is 0 Å².